The Kier molecular flexibility index (Phi) is 23.1. The molecule has 0 N–H and O–H groups in total. The van der Waals surface area contributed by atoms with Gasteiger partial charge in [0.25, 0.3) is 0 Å². The van der Waals surface area contributed by atoms with Crippen LogP contribution < -0.4 is 20.7 Å². The minimum atomic E-state index is 0. The molecule has 12 aromatic rings. The molecule has 2 radical (unpaired) electrons. The summed E-state index contributed by atoms with van der Waals surface area (Å²) >= 11 is 1.58. The smallest absolute Gasteiger partial charge is 0.0632 e. The summed E-state index contributed by atoms with van der Waals surface area (Å²) < 4.78 is 0. The predicted octanol–water partition coefficient (Wildman–Crippen LogP) is 14.5. The number of hydrogen-bond acceptors (Lipinski definition) is 0. The van der Waals surface area contributed by atoms with Gasteiger partial charge in [0.05, 0.1) is 0 Å². The van der Waals surface area contributed by atoms with Gasteiger partial charge in [0.1, 0.15) is 19.0 Å². The minimum Gasteiger partial charge on any atom is -0.0632 e. The van der Waals surface area contributed by atoms with Gasteiger partial charge in [0.2, 0.25) is 0 Å². The third-order valence-corrected chi connectivity index (χ3v) is 15.2. The molecule has 0 aromatic heterocycles. The van der Waals surface area contributed by atoms with Crippen molar-refractivity contribution in [3.63, 3.8) is 0 Å². The second-order valence-electron chi connectivity index (χ2n) is 17.4. The van der Waals surface area contributed by atoms with Gasteiger partial charge in [-0.2, -0.15) is 12.1 Å². The molecule has 0 spiro atoms. The fourth-order valence-corrected chi connectivity index (χ4v) is 11.7. The molecule has 362 valence electrons. The van der Waals surface area contributed by atoms with Gasteiger partial charge >= 0.3 is 30.2 Å². The second-order valence-corrected chi connectivity index (χ2v) is 20.6. The summed E-state index contributed by atoms with van der Waals surface area (Å²) in [6.45, 7) is 6.25. The Bertz CT molecular complexity index is 3340. The van der Waals surface area contributed by atoms with Gasteiger partial charge in [0, 0.05) is 0 Å². The maximum Gasteiger partial charge on any atom is 0.104 e. The van der Waals surface area contributed by atoms with Gasteiger partial charge in [-0.3, -0.25) is 0 Å². The maximum absolute atomic E-state index is 2.29. The number of benzene rings is 10. The largest absolute Gasteiger partial charge is 0.104 e. The first kappa shape index (κ1) is 56.8. The van der Waals surface area contributed by atoms with E-state index in [0.717, 1.165) is 0 Å². The van der Waals surface area contributed by atoms with Crippen molar-refractivity contribution in [3.8, 4) is 44.5 Å². The van der Waals surface area contributed by atoms with Crippen molar-refractivity contribution in [2.45, 2.75) is 13.8 Å². The van der Waals surface area contributed by atoms with Crippen molar-refractivity contribution in [2.24, 2.45) is 0 Å². The van der Waals surface area contributed by atoms with Crippen LogP contribution in [0.15, 0.2) is 291 Å². The number of aryl methyl sites for hydroxylation is 2. The first-order chi connectivity index (χ1) is 35.6. The van der Waals surface area contributed by atoms with Crippen LogP contribution in [0.1, 0.15) is 11.1 Å². The normalized spacial score (nSPS) is 10.1. The molecule has 0 atom stereocenters. The van der Waals surface area contributed by atoms with E-state index in [4.69, 9.17) is 0 Å². The van der Waals surface area contributed by atoms with Gasteiger partial charge in [-0.1, -0.05) is 288 Å². The molecule has 0 nitrogen and oxygen atoms in total. The third-order valence-electron chi connectivity index (χ3n) is 12.3. The van der Waals surface area contributed by atoms with E-state index < -0.39 is 0 Å². The van der Waals surface area contributed by atoms with Crippen molar-refractivity contribution in [1.29, 1.82) is 0 Å². The molecular formula is C68H60Cl2Si3Zr. The van der Waals surface area contributed by atoms with E-state index in [2.05, 4.69) is 305 Å². The van der Waals surface area contributed by atoms with Gasteiger partial charge in [-0.15, -0.1) is 93.9 Å². The molecule has 6 heteroatoms. The summed E-state index contributed by atoms with van der Waals surface area (Å²) in [7, 11) is 0.326. The van der Waals surface area contributed by atoms with Crippen LogP contribution in [-0.2, 0) is 23.3 Å². The fourth-order valence-electron chi connectivity index (χ4n) is 9.00. The van der Waals surface area contributed by atoms with Gasteiger partial charge in [0.15, 0.2) is 0 Å². The molecular weight excluding hydrogens is 1060 g/mol. The summed E-state index contributed by atoms with van der Waals surface area (Å²) in [5.41, 5.74) is 13.1. The van der Waals surface area contributed by atoms with Crippen molar-refractivity contribution in [2.75, 3.05) is 0 Å². The van der Waals surface area contributed by atoms with E-state index in [1.165, 1.54) is 97.9 Å². The van der Waals surface area contributed by atoms with Crippen molar-refractivity contribution < 1.29 is 23.3 Å². The molecule has 0 saturated carbocycles. The Labute approximate surface area is 473 Å². The summed E-state index contributed by atoms with van der Waals surface area (Å²) in [6.07, 6.45) is 0. The van der Waals surface area contributed by atoms with Gasteiger partial charge in [-0.05, 0) is 33.4 Å². The molecule has 0 bridgehead atoms. The Morgan fingerprint density at radius 2 is 0.608 bits per heavy atom. The van der Waals surface area contributed by atoms with Crippen LogP contribution in [0.25, 0.3) is 66.1 Å². The van der Waals surface area contributed by atoms with E-state index in [0.29, 0.717) is 0 Å². The van der Waals surface area contributed by atoms with Crippen LogP contribution in [-0.4, -0.2) is 25.9 Å². The summed E-state index contributed by atoms with van der Waals surface area (Å²) in [5, 5.41) is 11.1. The minimum absolute atomic E-state index is 0. The van der Waals surface area contributed by atoms with E-state index in [1.54, 1.807) is 23.3 Å². The summed E-state index contributed by atoms with van der Waals surface area (Å²) in [5.74, 6) is 0. The van der Waals surface area contributed by atoms with Gasteiger partial charge < -0.3 is 0 Å². The zero-order chi connectivity index (χ0) is 49.7. The maximum atomic E-state index is 2.29. The van der Waals surface area contributed by atoms with Crippen LogP contribution in [0.3, 0.4) is 0 Å². The Morgan fingerprint density at radius 1 is 0.311 bits per heavy atom. The van der Waals surface area contributed by atoms with E-state index in [-0.39, 0.29) is 43.9 Å². The molecule has 0 aliphatic heterocycles. The molecule has 0 heterocycles. The number of rotatable bonds is 8. The molecule has 74 heavy (non-hydrogen) atoms. The Balaban J connectivity index is 0.000000162. The van der Waals surface area contributed by atoms with E-state index in [9.17, 15) is 0 Å². The second kappa shape index (κ2) is 30.0. The topological polar surface area (TPSA) is 0 Å². The summed E-state index contributed by atoms with van der Waals surface area (Å²) in [6, 6.07) is 103. The molecule has 12 aromatic carbocycles. The molecule has 0 amide bonds. The number of hydrogen-bond donors (Lipinski definition) is 0. The van der Waals surface area contributed by atoms with Crippen LogP contribution in [0.2, 0.25) is 0 Å². The molecule has 0 aliphatic carbocycles. The van der Waals surface area contributed by atoms with Crippen LogP contribution in [0.5, 0.6) is 0 Å². The van der Waals surface area contributed by atoms with Crippen molar-refractivity contribution in [1.82, 2.24) is 0 Å². The van der Waals surface area contributed by atoms with Crippen molar-refractivity contribution >= 4 is 93.0 Å². The average molecular weight is 1120 g/mol. The molecule has 0 unspecified atom stereocenters. The Hall–Kier alpha value is -6.47. The SMILES string of the molecule is Cc1cc2c(-c3ccccc3)cccc2[cH-]1.Cc1cc2c(-c3ccccc3)cccc2[cH-]1.Cl.Cl.[SiH2]=[Zr+2].c1ccc([SiH]c2cccc(-c3ccccc3)c2-c2ccccc2)cc1.c1ccc([SiH]c2ccccc2)cc1. The van der Waals surface area contributed by atoms with Gasteiger partial charge in [-0.25, -0.2) is 0 Å². The van der Waals surface area contributed by atoms with Crippen molar-refractivity contribution in [3.05, 3.63) is 302 Å². The van der Waals surface area contributed by atoms with Crippen LogP contribution in [0, 0.1) is 13.8 Å². The molecule has 0 saturated heterocycles. The van der Waals surface area contributed by atoms with Crippen LogP contribution >= 0.6 is 24.8 Å². The fraction of sp³-hybridized carbons (Fsp3) is 0.0294. The van der Waals surface area contributed by atoms with E-state index in [1.807, 2.05) is 6.88 Å². The monoisotopic (exact) mass is 1120 g/mol. The average Bonchev–Trinajstić information content (AvgIpc) is 4.05. The quantitative estimate of drug-likeness (QED) is 0.105. The van der Waals surface area contributed by atoms with E-state index >= 15 is 0 Å². The van der Waals surface area contributed by atoms with Crippen LogP contribution in [0.4, 0.5) is 0 Å². The molecule has 0 aliphatic rings. The third kappa shape index (κ3) is 15.8. The zero-order valence-electron chi connectivity index (χ0n) is 41.9. The summed E-state index contributed by atoms with van der Waals surface area (Å²) in [4.78, 5) is 0. The number of fused-ring (bicyclic) bond motifs is 2. The standard InChI is InChI=1S/C24H19Si.2C16H13.C12H11Si.2ClH.H2Si.Zr/c1-4-11-19(12-5-1)22-17-10-18-23(25-21-15-8-3-9-16-21)24(22)20-13-6-2-7-14-20;2*1-12-10-14-8-5-9-15(16(14)11-12)13-6-3-2-4-7-13;1-3-7-11(8-4-1)13-12-9-5-2-6-10-12;;;;/h1-18,25H;2*2-11H,1H3;1-10,13H;2*1H;1H2;/q;2*-1;;;;;+2. The Morgan fingerprint density at radius 3 is 0.986 bits per heavy atom. The zero-order valence-corrected chi connectivity index (χ0v) is 49.7. The number of halogens is 2. The molecule has 0 fully saturated rings. The first-order valence-electron chi connectivity index (χ1n) is 24.4. The molecule has 12 rings (SSSR count). The first-order valence-corrected chi connectivity index (χ1v) is 32.7. The predicted molar refractivity (Wildman–Crippen MR) is 332 cm³/mol.